The van der Waals surface area contributed by atoms with Crippen molar-refractivity contribution in [2.45, 2.75) is 51.1 Å². The molecule has 1 saturated heterocycles. The van der Waals surface area contributed by atoms with Gasteiger partial charge in [-0.1, -0.05) is 18.9 Å². The Kier molecular flexibility index (Phi) is 6.10. The lowest BCUT2D eigenvalue weighted by atomic mass is 9.94. The number of aromatic nitrogens is 2. The number of aryl methyl sites for hydroxylation is 1. The van der Waals surface area contributed by atoms with Gasteiger partial charge in [0.15, 0.2) is 0 Å². The maximum Gasteiger partial charge on any atom is 0.270 e. The molecular formula is C23H32N4O. The van der Waals surface area contributed by atoms with Crippen LogP contribution in [0.2, 0.25) is 0 Å². The molecule has 0 atom stereocenters. The number of amides is 1. The van der Waals surface area contributed by atoms with E-state index in [0.29, 0.717) is 12.5 Å². The molecule has 2 fully saturated rings. The molecule has 0 bridgehead atoms. The van der Waals surface area contributed by atoms with Crippen LogP contribution in [0.15, 0.2) is 42.9 Å². The van der Waals surface area contributed by atoms with Crippen LogP contribution < -0.4 is 0 Å². The Morgan fingerprint density at radius 1 is 1.14 bits per heavy atom. The Morgan fingerprint density at radius 3 is 2.57 bits per heavy atom. The molecule has 2 aromatic heterocycles. The first kappa shape index (κ1) is 19.2. The summed E-state index contributed by atoms with van der Waals surface area (Å²) >= 11 is 0. The summed E-state index contributed by atoms with van der Waals surface area (Å²) in [7, 11) is 1.94. The van der Waals surface area contributed by atoms with Gasteiger partial charge in [-0.2, -0.15) is 0 Å². The Hall–Kier alpha value is -2.14. The van der Waals surface area contributed by atoms with Crippen molar-refractivity contribution in [3.05, 3.63) is 54.1 Å². The fraction of sp³-hybridized carbons (Fsp3) is 0.565. The van der Waals surface area contributed by atoms with E-state index in [1.807, 2.05) is 47.1 Å². The van der Waals surface area contributed by atoms with Gasteiger partial charge in [0.2, 0.25) is 0 Å². The lowest BCUT2D eigenvalue weighted by molar-refractivity contribution is 0.0641. The van der Waals surface area contributed by atoms with Crippen molar-refractivity contribution < 1.29 is 4.79 Å². The molecule has 150 valence electrons. The molecule has 0 spiro atoms. The van der Waals surface area contributed by atoms with E-state index in [4.69, 9.17) is 0 Å². The predicted molar refractivity (Wildman–Crippen MR) is 111 cm³/mol. The fourth-order valence-electron chi connectivity index (χ4n) is 4.86. The number of piperidine rings is 1. The van der Waals surface area contributed by atoms with Gasteiger partial charge in [-0.15, -0.1) is 0 Å². The predicted octanol–water partition coefficient (Wildman–Crippen LogP) is 3.72. The summed E-state index contributed by atoms with van der Waals surface area (Å²) in [6, 6.07) is 8.68. The number of carbonyl (C=O) groups excluding carboxylic acids is 1. The standard InChI is InChI=1S/C23H32N4O/c1-25-13-5-9-22(25)23(28)27(18-20-6-4-12-24-16-20)17-19-10-14-26(15-11-19)21-7-2-3-8-21/h4-6,9,12-13,16,19,21H,2-3,7-8,10-11,14-15,17-18H2,1H3. The van der Waals surface area contributed by atoms with Gasteiger partial charge >= 0.3 is 0 Å². The van der Waals surface area contributed by atoms with Gasteiger partial charge in [-0.3, -0.25) is 9.78 Å². The zero-order chi connectivity index (χ0) is 19.3. The minimum Gasteiger partial charge on any atom is -0.347 e. The Balaban J connectivity index is 1.42. The van der Waals surface area contributed by atoms with Gasteiger partial charge in [0.25, 0.3) is 5.91 Å². The monoisotopic (exact) mass is 380 g/mol. The van der Waals surface area contributed by atoms with Crippen molar-refractivity contribution in [1.29, 1.82) is 0 Å². The zero-order valence-electron chi connectivity index (χ0n) is 17.0. The highest BCUT2D eigenvalue weighted by Crippen LogP contribution is 2.28. The normalized spacial score (nSPS) is 19.2. The molecule has 0 radical (unpaired) electrons. The van der Waals surface area contributed by atoms with Gasteiger partial charge in [0.1, 0.15) is 5.69 Å². The van der Waals surface area contributed by atoms with Gasteiger partial charge in [0.05, 0.1) is 0 Å². The van der Waals surface area contributed by atoms with Crippen molar-refractivity contribution >= 4 is 5.91 Å². The largest absolute Gasteiger partial charge is 0.347 e. The molecule has 1 amide bonds. The van der Waals surface area contributed by atoms with Gasteiger partial charge in [-0.25, -0.2) is 0 Å². The molecule has 2 aliphatic rings. The number of rotatable bonds is 6. The number of nitrogens with zero attached hydrogens (tertiary/aromatic N) is 4. The van der Waals surface area contributed by atoms with Gasteiger partial charge in [-0.05, 0) is 68.5 Å². The smallest absolute Gasteiger partial charge is 0.270 e. The average molecular weight is 381 g/mol. The van der Waals surface area contributed by atoms with Crippen molar-refractivity contribution in [3.8, 4) is 0 Å². The summed E-state index contributed by atoms with van der Waals surface area (Å²) in [6.07, 6.45) is 13.5. The van der Waals surface area contributed by atoms with E-state index in [-0.39, 0.29) is 5.91 Å². The molecule has 1 saturated carbocycles. The van der Waals surface area contributed by atoms with Crippen LogP contribution in [-0.2, 0) is 13.6 Å². The van der Waals surface area contributed by atoms with Gasteiger partial charge in [0, 0.05) is 44.8 Å². The first-order chi connectivity index (χ1) is 13.7. The van der Waals surface area contributed by atoms with E-state index in [1.165, 1.54) is 51.6 Å². The molecule has 2 aromatic rings. The van der Waals surface area contributed by atoms with Crippen molar-refractivity contribution in [3.63, 3.8) is 0 Å². The maximum atomic E-state index is 13.3. The van der Waals surface area contributed by atoms with Crippen molar-refractivity contribution in [2.75, 3.05) is 19.6 Å². The molecule has 3 heterocycles. The van der Waals surface area contributed by atoms with Crippen LogP contribution >= 0.6 is 0 Å². The SMILES string of the molecule is Cn1cccc1C(=O)N(Cc1cccnc1)CC1CCN(C2CCCC2)CC1. The van der Waals surface area contributed by atoms with Crippen LogP contribution in [-0.4, -0.2) is 50.9 Å². The fourth-order valence-corrected chi connectivity index (χ4v) is 4.86. The van der Waals surface area contributed by atoms with Crippen LogP contribution in [0.5, 0.6) is 0 Å². The van der Waals surface area contributed by atoms with Crippen LogP contribution in [0.1, 0.15) is 54.6 Å². The van der Waals surface area contributed by atoms with Crippen molar-refractivity contribution in [1.82, 2.24) is 19.4 Å². The molecule has 1 aliphatic carbocycles. The van der Waals surface area contributed by atoms with Crippen LogP contribution in [0.3, 0.4) is 0 Å². The second-order valence-electron chi connectivity index (χ2n) is 8.47. The van der Waals surface area contributed by atoms with Gasteiger partial charge < -0.3 is 14.4 Å². The average Bonchev–Trinajstić information content (AvgIpc) is 3.40. The van der Waals surface area contributed by atoms with E-state index < -0.39 is 0 Å². The van der Waals surface area contributed by atoms with Crippen LogP contribution in [0.4, 0.5) is 0 Å². The topological polar surface area (TPSA) is 41.4 Å². The second-order valence-corrected chi connectivity index (χ2v) is 8.47. The minimum atomic E-state index is 0.120. The summed E-state index contributed by atoms with van der Waals surface area (Å²) in [5.41, 5.74) is 1.85. The van der Waals surface area contributed by atoms with Crippen molar-refractivity contribution in [2.24, 2.45) is 13.0 Å². The summed E-state index contributed by atoms with van der Waals surface area (Å²) < 4.78 is 1.92. The van der Waals surface area contributed by atoms with E-state index in [1.54, 1.807) is 6.20 Å². The Bertz CT molecular complexity index is 758. The number of hydrogen-bond donors (Lipinski definition) is 0. The third-order valence-electron chi connectivity index (χ3n) is 6.52. The van der Waals surface area contributed by atoms with E-state index >= 15 is 0 Å². The summed E-state index contributed by atoms with van der Waals surface area (Å²) in [5.74, 6) is 0.702. The third kappa shape index (κ3) is 4.46. The maximum absolute atomic E-state index is 13.3. The number of likely N-dealkylation sites (tertiary alicyclic amines) is 1. The molecule has 28 heavy (non-hydrogen) atoms. The van der Waals surface area contributed by atoms with E-state index in [9.17, 15) is 4.79 Å². The summed E-state index contributed by atoms with van der Waals surface area (Å²) in [4.78, 5) is 22.2. The molecule has 1 aliphatic heterocycles. The molecule has 4 rings (SSSR count). The molecule has 5 nitrogen and oxygen atoms in total. The Morgan fingerprint density at radius 2 is 1.93 bits per heavy atom. The Labute approximate surface area is 168 Å². The zero-order valence-corrected chi connectivity index (χ0v) is 17.0. The number of pyridine rings is 1. The highest BCUT2D eigenvalue weighted by Gasteiger charge is 2.29. The van der Waals surface area contributed by atoms with Crippen LogP contribution in [0.25, 0.3) is 0 Å². The summed E-state index contributed by atoms with van der Waals surface area (Å²) in [6.45, 7) is 3.83. The highest BCUT2D eigenvalue weighted by molar-refractivity contribution is 5.92. The van der Waals surface area contributed by atoms with E-state index in [0.717, 1.165) is 23.8 Å². The third-order valence-corrected chi connectivity index (χ3v) is 6.52. The van der Waals surface area contributed by atoms with Crippen LogP contribution in [0, 0.1) is 5.92 Å². The highest BCUT2D eigenvalue weighted by atomic mass is 16.2. The quantitative estimate of drug-likeness (QED) is 0.767. The lowest BCUT2D eigenvalue weighted by Crippen LogP contribution is -2.44. The molecule has 5 heteroatoms. The molecule has 0 aromatic carbocycles. The second kappa shape index (κ2) is 8.91. The van der Waals surface area contributed by atoms with E-state index in [2.05, 4.69) is 16.0 Å². The first-order valence-corrected chi connectivity index (χ1v) is 10.7. The molecule has 0 N–H and O–H groups in total. The lowest BCUT2D eigenvalue weighted by Gasteiger charge is -2.38. The first-order valence-electron chi connectivity index (χ1n) is 10.7. The summed E-state index contributed by atoms with van der Waals surface area (Å²) in [5, 5.41) is 0. The molecule has 0 unspecified atom stereocenters. The number of hydrogen-bond acceptors (Lipinski definition) is 3. The molecular weight excluding hydrogens is 348 g/mol. The minimum absolute atomic E-state index is 0.120. The number of carbonyl (C=O) groups is 1.